The van der Waals surface area contributed by atoms with Crippen molar-refractivity contribution in [3.05, 3.63) is 52.9 Å². The minimum absolute atomic E-state index is 0. The number of nitrogens with one attached hydrogen (secondary N) is 2. The van der Waals surface area contributed by atoms with E-state index in [1.165, 1.54) is 4.88 Å². The molecule has 11 heteroatoms. The van der Waals surface area contributed by atoms with Crippen molar-refractivity contribution >= 4 is 47.9 Å². The maximum Gasteiger partial charge on any atom is 0.239 e. The van der Waals surface area contributed by atoms with E-state index < -0.39 is 0 Å². The lowest BCUT2D eigenvalue weighted by Crippen LogP contribution is -2.49. The molecule has 0 radical (unpaired) electrons. The second-order valence-electron chi connectivity index (χ2n) is 6.59. The first-order valence-corrected chi connectivity index (χ1v) is 9.84. The highest BCUT2D eigenvalue weighted by atomic mass is 35.5. The van der Waals surface area contributed by atoms with Crippen molar-refractivity contribution in [3.8, 4) is 0 Å². The second kappa shape index (κ2) is 10.7. The van der Waals surface area contributed by atoms with E-state index >= 15 is 0 Å². The number of amides is 1. The number of hydrogen-bond acceptors (Lipinski definition) is 6. The molecule has 1 aliphatic heterocycles. The van der Waals surface area contributed by atoms with Crippen LogP contribution in [-0.4, -0.2) is 56.3 Å². The highest BCUT2D eigenvalue weighted by Gasteiger charge is 2.28. The number of imidazole rings is 1. The summed E-state index contributed by atoms with van der Waals surface area (Å²) in [5.41, 5.74) is 0. The van der Waals surface area contributed by atoms with Gasteiger partial charge in [-0.25, -0.2) is 9.67 Å². The number of carbonyl (C=O) groups excluding carboxylic acids is 1. The number of aromatic nitrogens is 4. The molecule has 0 aromatic carbocycles. The van der Waals surface area contributed by atoms with Gasteiger partial charge < -0.3 is 15.2 Å². The van der Waals surface area contributed by atoms with Crippen LogP contribution in [-0.2, 0) is 18.4 Å². The highest BCUT2D eigenvalue weighted by Crippen LogP contribution is 2.20. The van der Waals surface area contributed by atoms with E-state index in [1.807, 2.05) is 40.0 Å². The summed E-state index contributed by atoms with van der Waals surface area (Å²) in [7, 11) is 1.98. The zero-order chi connectivity index (χ0) is 18.6. The molecule has 1 saturated heterocycles. The Hall–Kier alpha value is -1.91. The Bertz CT molecular complexity index is 896. The molecule has 0 aliphatic carbocycles. The Morgan fingerprint density at radius 1 is 1.34 bits per heavy atom. The fourth-order valence-electron chi connectivity index (χ4n) is 3.37. The summed E-state index contributed by atoms with van der Waals surface area (Å²) in [6.45, 7) is 3.44. The topological polar surface area (TPSA) is 80.0 Å². The average molecular weight is 458 g/mol. The Morgan fingerprint density at radius 2 is 2.21 bits per heavy atom. The van der Waals surface area contributed by atoms with Crippen LogP contribution in [0.3, 0.4) is 0 Å². The second-order valence-corrected chi connectivity index (χ2v) is 7.62. The molecular weight excluding hydrogens is 433 g/mol. The van der Waals surface area contributed by atoms with Gasteiger partial charge in [-0.3, -0.25) is 9.69 Å². The van der Waals surface area contributed by atoms with Crippen LogP contribution in [0.25, 0.3) is 0 Å². The Labute approximate surface area is 186 Å². The zero-order valence-corrected chi connectivity index (χ0v) is 18.5. The maximum atomic E-state index is 12.7. The number of hydrogen-bond donors (Lipinski definition) is 2. The summed E-state index contributed by atoms with van der Waals surface area (Å²) < 4.78 is 3.83. The van der Waals surface area contributed by atoms with Crippen LogP contribution < -0.4 is 10.6 Å². The number of nitrogens with zero attached hydrogens (tertiary/aromatic N) is 5. The van der Waals surface area contributed by atoms with Gasteiger partial charge in [0.25, 0.3) is 0 Å². The normalized spacial score (nSPS) is 16.7. The summed E-state index contributed by atoms with van der Waals surface area (Å²) in [6.07, 6.45) is 5.45. The molecule has 0 bridgehead atoms. The van der Waals surface area contributed by atoms with Crippen molar-refractivity contribution in [1.29, 1.82) is 0 Å². The first-order valence-electron chi connectivity index (χ1n) is 8.97. The van der Waals surface area contributed by atoms with Crippen LogP contribution in [0.15, 0.2) is 42.2 Å². The van der Waals surface area contributed by atoms with E-state index in [9.17, 15) is 4.79 Å². The lowest BCUT2D eigenvalue weighted by Gasteiger charge is -2.35. The fourth-order valence-corrected chi connectivity index (χ4v) is 4.06. The van der Waals surface area contributed by atoms with Gasteiger partial charge in [-0.1, -0.05) is 6.07 Å². The highest BCUT2D eigenvalue weighted by molar-refractivity contribution is 7.09. The minimum atomic E-state index is -0.0379. The Morgan fingerprint density at radius 3 is 2.93 bits per heavy atom. The predicted octanol–water partition coefficient (Wildman–Crippen LogP) is 2.15. The molecule has 3 aromatic rings. The standard InChI is InChI=1S/C18H23N7OS.2ClH/c1-23-8-7-20-18(23)15-11-19-6-9-24(15)13-17(26)22-16-4-5-21-25(16)12-14-3-2-10-27-14;;/h2-5,7-8,10,15,19H,6,9,11-13H2,1H3,(H,22,26);2*1H. The van der Waals surface area contributed by atoms with Crippen LogP contribution in [0.1, 0.15) is 16.7 Å². The molecule has 29 heavy (non-hydrogen) atoms. The van der Waals surface area contributed by atoms with Crippen LogP contribution in [0.2, 0.25) is 0 Å². The Kier molecular flexibility index (Phi) is 8.66. The third-order valence-corrected chi connectivity index (χ3v) is 5.59. The molecular formula is C18H25Cl2N7OS. The maximum absolute atomic E-state index is 12.7. The molecule has 3 aromatic heterocycles. The summed E-state index contributed by atoms with van der Waals surface area (Å²) in [4.78, 5) is 20.5. The third-order valence-electron chi connectivity index (χ3n) is 4.73. The SMILES string of the molecule is Cl.Cl.Cn1ccnc1C1CNCCN1CC(=O)Nc1ccnn1Cc1cccs1. The van der Waals surface area contributed by atoms with Gasteiger partial charge in [0.1, 0.15) is 11.6 Å². The van der Waals surface area contributed by atoms with E-state index in [1.54, 1.807) is 23.7 Å². The van der Waals surface area contributed by atoms with Gasteiger partial charge in [0.15, 0.2) is 0 Å². The first-order chi connectivity index (χ1) is 13.2. The van der Waals surface area contributed by atoms with Crippen LogP contribution in [0.5, 0.6) is 0 Å². The number of thiophene rings is 1. The zero-order valence-electron chi connectivity index (χ0n) is 16.0. The van der Waals surface area contributed by atoms with E-state index in [-0.39, 0.29) is 36.8 Å². The summed E-state index contributed by atoms with van der Waals surface area (Å²) in [5.74, 6) is 1.65. The van der Waals surface area contributed by atoms with Gasteiger partial charge in [-0.2, -0.15) is 5.10 Å². The van der Waals surface area contributed by atoms with Crippen molar-refractivity contribution < 1.29 is 4.79 Å². The number of aryl methyl sites for hydroxylation is 1. The number of carbonyl (C=O) groups is 1. The molecule has 1 fully saturated rings. The van der Waals surface area contributed by atoms with Crippen molar-refractivity contribution in [2.24, 2.45) is 7.05 Å². The van der Waals surface area contributed by atoms with Crippen molar-refractivity contribution in [2.45, 2.75) is 12.6 Å². The third kappa shape index (κ3) is 5.58. The van der Waals surface area contributed by atoms with E-state index in [0.29, 0.717) is 13.1 Å². The molecule has 8 nitrogen and oxygen atoms in total. The van der Waals surface area contributed by atoms with Gasteiger partial charge in [-0.05, 0) is 11.4 Å². The number of rotatable bonds is 6. The van der Waals surface area contributed by atoms with Gasteiger partial charge in [0.05, 0.1) is 25.3 Å². The summed E-state index contributed by atoms with van der Waals surface area (Å²) >= 11 is 1.68. The van der Waals surface area contributed by atoms with Gasteiger partial charge in [-0.15, -0.1) is 36.2 Å². The van der Waals surface area contributed by atoms with Crippen LogP contribution in [0, 0.1) is 0 Å². The molecule has 2 N–H and O–H groups in total. The molecule has 4 rings (SSSR count). The van der Waals surface area contributed by atoms with Gasteiger partial charge in [0.2, 0.25) is 5.91 Å². The van der Waals surface area contributed by atoms with Gasteiger partial charge >= 0.3 is 0 Å². The molecule has 0 spiro atoms. The van der Waals surface area contributed by atoms with Gasteiger partial charge in [0, 0.05) is 50.0 Å². The molecule has 1 amide bonds. The predicted molar refractivity (Wildman–Crippen MR) is 119 cm³/mol. The largest absolute Gasteiger partial charge is 0.337 e. The van der Waals surface area contributed by atoms with E-state index in [2.05, 4.69) is 31.7 Å². The van der Waals surface area contributed by atoms with E-state index in [0.717, 1.165) is 31.3 Å². The smallest absolute Gasteiger partial charge is 0.239 e. The molecule has 1 aliphatic rings. The average Bonchev–Trinajstić information content (AvgIpc) is 3.40. The van der Waals surface area contributed by atoms with Crippen LogP contribution >= 0.6 is 36.2 Å². The van der Waals surface area contributed by atoms with Crippen LogP contribution in [0.4, 0.5) is 5.82 Å². The summed E-state index contributed by atoms with van der Waals surface area (Å²) in [6, 6.07) is 6.00. The fraction of sp³-hybridized carbons (Fsp3) is 0.389. The lowest BCUT2D eigenvalue weighted by molar-refractivity contribution is -0.118. The molecule has 1 atom stereocenters. The first kappa shape index (κ1) is 23.4. The lowest BCUT2D eigenvalue weighted by atomic mass is 10.1. The quantitative estimate of drug-likeness (QED) is 0.592. The number of piperazine rings is 1. The van der Waals surface area contributed by atoms with Crippen molar-refractivity contribution in [3.63, 3.8) is 0 Å². The number of halogens is 2. The summed E-state index contributed by atoms with van der Waals surface area (Å²) in [5, 5.41) is 12.8. The molecule has 4 heterocycles. The molecule has 1 unspecified atom stereocenters. The molecule has 158 valence electrons. The van der Waals surface area contributed by atoms with Crippen molar-refractivity contribution in [1.82, 2.24) is 29.5 Å². The monoisotopic (exact) mass is 457 g/mol. The Balaban J connectivity index is 0.00000150. The number of anilines is 1. The molecule has 0 saturated carbocycles. The van der Waals surface area contributed by atoms with E-state index in [4.69, 9.17) is 0 Å². The minimum Gasteiger partial charge on any atom is -0.337 e. The van der Waals surface area contributed by atoms with Crippen molar-refractivity contribution in [2.75, 3.05) is 31.5 Å².